The lowest BCUT2D eigenvalue weighted by atomic mass is 10.1. The van der Waals surface area contributed by atoms with Crippen molar-refractivity contribution in [3.8, 4) is 0 Å². The fourth-order valence-electron chi connectivity index (χ4n) is 3.61. The van der Waals surface area contributed by atoms with Crippen LogP contribution in [0.25, 0.3) is 10.9 Å². The lowest BCUT2D eigenvalue weighted by molar-refractivity contribution is 0.122. The van der Waals surface area contributed by atoms with E-state index in [1.807, 2.05) is 36.4 Å². The van der Waals surface area contributed by atoms with Crippen LogP contribution in [0.15, 0.2) is 54.7 Å². The summed E-state index contributed by atoms with van der Waals surface area (Å²) in [7, 11) is 0. The van der Waals surface area contributed by atoms with Gasteiger partial charge in [-0.25, -0.2) is 0 Å². The molecule has 0 radical (unpaired) electrons. The van der Waals surface area contributed by atoms with E-state index >= 15 is 0 Å². The third-order valence-electron chi connectivity index (χ3n) is 5.54. The minimum atomic E-state index is 0.482. The lowest BCUT2D eigenvalue weighted by Crippen LogP contribution is -2.37. The predicted octanol–water partition coefficient (Wildman–Crippen LogP) is 4.36. The average Bonchev–Trinajstić information content (AvgIpc) is 2.82. The van der Waals surface area contributed by atoms with Crippen molar-refractivity contribution >= 4 is 40.1 Å². The number of rotatable bonds is 5. The number of hydrogen-bond donors (Lipinski definition) is 2. The van der Waals surface area contributed by atoms with E-state index in [0.717, 1.165) is 35.4 Å². The van der Waals surface area contributed by atoms with Crippen LogP contribution in [0, 0.1) is 13.8 Å². The molecule has 162 valence electrons. The number of anilines is 5. The molecule has 0 atom stereocenters. The minimum absolute atomic E-state index is 0.482. The molecule has 0 aliphatic carbocycles. The molecule has 0 bridgehead atoms. The third-order valence-corrected chi connectivity index (χ3v) is 5.54. The number of nitrogens with zero attached hydrogens (tertiary/aromatic N) is 5. The molecule has 32 heavy (non-hydrogen) atoms. The van der Waals surface area contributed by atoms with Gasteiger partial charge < -0.3 is 20.3 Å². The van der Waals surface area contributed by atoms with Crippen molar-refractivity contribution in [2.75, 3.05) is 41.8 Å². The molecule has 3 heterocycles. The van der Waals surface area contributed by atoms with E-state index in [9.17, 15) is 0 Å². The van der Waals surface area contributed by atoms with Crippen LogP contribution in [0.4, 0.5) is 29.2 Å². The number of aryl methyl sites for hydroxylation is 2. The first-order chi connectivity index (χ1) is 15.6. The van der Waals surface area contributed by atoms with Crippen LogP contribution in [0.5, 0.6) is 0 Å². The van der Waals surface area contributed by atoms with Crippen molar-refractivity contribution in [1.82, 2.24) is 19.9 Å². The molecule has 0 spiro atoms. The summed E-state index contributed by atoms with van der Waals surface area (Å²) in [6.07, 6.45) is 1.79. The molecule has 0 amide bonds. The van der Waals surface area contributed by atoms with Gasteiger partial charge in [0, 0.05) is 36.0 Å². The van der Waals surface area contributed by atoms with E-state index in [1.165, 1.54) is 11.1 Å². The molecular weight excluding hydrogens is 402 g/mol. The first-order valence-electron chi connectivity index (χ1n) is 10.7. The van der Waals surface area contributed by atoms with Gasteiger partial charge in [0.15, 0.2) is 0 Å². The summed E-state index contributed by atoms with van der Waals surface area (Å²) < 4.78 is 5.49. The number of fused-ring (bicyclic) bond motifs is 1. The Labute approximate surface area is 186 Å². The Morgan fingerprint density at radius 3 is 2.28 bits per heavy atom. The number of ether oxygens (including phenoxy) is 1. The largest absolute Gasteiger partial charge is 0.378 e. The lowest BCUT2D eigenvalue weighted by Gasteiger charge is -2.27. The second-order valence-electron chi connectivity index (χ2n) is 7.84. The van der Waals surface area contributed by atoms with Gasteiger partial charge in [-0.05, 0) is 61.4 Å². The van der Waals surface area contributed by atoms with Crippen molar-refractivity contribution in [3.05, 3.63) is 65.9 Å². The van der Waals surface area contributed by atoms with Gasteiger partial charge in [-0.1, -0.05) is 12.1 Å². The number of pyridine rings is 1. The molecule has 2 N–H and O–H groups in total. The standard InChI is InChI=1S/C24H25N7O/c1-16-5-6-19(14-17(16)2)26-22-28-23(30-24(29-22)31-10-12-32-13-11-31)27-20-7-8-21-18(15-20)4-3-9-25-21/h3-9,14-15H,10-13H2,1-2H3,(H2,26,27,28,29,30). The van der Waals surface area contributed by atoms with Gasteiger partial charge in [-0.15, -0.1) is 0 Å². The highest BCUT2D eigenvalue weighted by Gasteiger charge is 2.17. The van der Waals surface area contributed by atoms with Crippen molar-refractivity contribution < 1.29 is 4.74 Å². The number of benzene rings is 2. The zero-order valence-electron chi connectivity index (χ0n) is 18.2. The second kappa shape index (κ2) is 8.76. The molecule has 2 aromatic heterocycles. The normalized spacial score (nSPS) is 13.9. The van der Waals surface area contributed by atoms with E-state index in [4.69, 9.17) is 4.74 Å². The van der Waals surface area contributed by atoms with Crippen LogP contribution in [-0.2, 0) is 4.74 Å². The molecule has 2 aromatic carbocycles. The fraction of sp³-hybridized carbons (Fsp3) is 0.250. The molecule has 1 fully saturated rings. The molecule has 4 aromatic rings. The molecule has 8 nitrogen and oxygen atoms in total. The molecule has 1 aliphatic heterocycles. The molecule has 1 saturated heterocycles. The van der Waals surface area contributed by atoms with Crippen molar-refractivity contribution in [2.24, 2.45) is 0 Å². The molecule has 5 rings (SSSR count). The predicted molar refractivity (Wildman–Crippen MR) is 127 cm³/mol. The Morgan fingerprint density at radius 2 is 1.53 bits per heavy atom. The van der Waals surface area contributed by atoms with E-state index < -0.39 is 0 Å². The highest BCUT2D eigenvalue weighted by molar-refractivity contribution is 5.82. The topological polar surface area (TPSA) is 88.1 Å². The molecule has 0 saturated carbocycles. The fourth-order valence-corrected chi connectivity index (χ4v) is 3.61. The Bertz CT molecular complexity index is 1250. The first-order valence-corrected chi connectivity index (χ1v) is 10.7. The summed E-state index contributed by atoms with van der Waals surface area (Å²) in [4.78, 5) is 20.5. The van der Waals surface area contributed by atoms with Crippen LogP contribution >= 0.6 is 0 Å². The van der Waals surface area contributed by atoms with Gasteiger partial charge in [0.2, 0.25) is 17.8 Å². The SMILES string of the molecule is Cc1ccc(Nc2nc(Nc3ccc4ncccc4c3)nc(N3CCOCC3)n2)cc1C. The Kier molecular flexibility index (Phi) is 5.51. The summed E-state index contributed by atoms with van der Waals surface area (Å²) in [6.45, 7) is 6.99. The highest BCUT2D eigenvalue weighted by Crippen LogP contribution is 2.24. The molecule has 8 heteroatoms. The van der Waals surface area contributed by atoms with Crippen LogP contribution in [0.1, 0.15) is 11.1 Å². The Morgan fingerprint density at radius 1 is 0.812 bits per heavy atom. The smallest absolute Gasteiger partial charge is 0.233 e. The van der Waals surface area contributed by atoms with Crippen LogP contribution in [0.3, 0.4) is 0 Å². The van der Waals surface area contributed by atoms with Crippen LogP contribution < -0.4 is 15.5 Å². The summed E-state index contributed by atoms with van der Waals surface area (Å²) in [5.74, 6) is 1.60. The Hall–Kier alpha value is -3.78. The van der Waals surface area contributed by atoms with Gasteiger partial charge in [-0.3, -0.25) is 4.98 Å². The summed E-state index contributed by atoms with van der Waals surface area (Å²) >= 11 is 0. The number of nitrogens with one attached hydrogen (secondary N) is 2. The summed E-state index contributed by atoms with van der Waals surface area (Å²) in [5, 5.41) is 7.72. The van der Waals surface area contributed by atoms with Gasteiger partial charge in [0.1, 0.15) is 0 Å². The van der Waals surface area contributed by atoms with Gasteiger partial charge in [0.25, 0.3) is 0 Å². The van der Waals surface area contributed by atoms with Gasteiger partial charge in [-0.2, -0.15) is 15.0 Å². The summed E-state index contributed by atoms with van der Waals surface area (Å²) in [6, 6.07) is 16.2. The van der Waals surface area contributed by atoms with Gasteiger partial charge >= 0.3 is 0 Å². The van der Waals surface area contributed by atoms with E-state index in [0.29, 0.717) is 31.1 Å². The zero-order chi connectivity index (χ0) is 21.9. The number of hydrogen-bond acceptors (Lipinski definition) is 8. The second-order valence-corrected chi connectivity index (χ2v) is 7.84. The molecule has 0 unspecified atom stereocenters. The Balaban J connectivity index is 1.48. The van der Waals surface area contributed by atoms with E-state index in [1.54, 1.807) is 6.20 Å². The molecular formula is C24H25N7O. The van der Waals surface area contributed by atoms with Crippen molar-refractivity contribution in [2.45, 2.75) is 13.8 Å². The van der Waals surface area contributed by atoms with Crippen molar-refractivity contribution in [3.63, 3.8) is 0 Å². The highest BCUT2D eigenvalue weighted by atomic mass is 16.5. The van der Waals surface area contributed by atoms with Crippen molar-refractivity contribution in [1.29, 1.82) is 0 Å². The maximum atomic E-state index is 5.49. The maximum absolute atomic E-state index is 5.49. The zero-order valence-corrected chi connectivity index (χ0v) is 18.2. The summed E-state index contributed by atoms with van der Waals surface area (Å²) in [5.41, 5.74) is 5.23. The van der Waals surface area contributed by atoms with E-state index in [-0.39, 0.29) is 0 Å². The number of morpholine rings is 1. The third kappa shape index (κ3) is 4.45. The van der Waals surface area contributed by atoms with Crippen LogP contribution in [-0.4, -0.2) is 46.2 Å². The monoisotopic (exact) mass is 427 g/mol. The average molecular weight is 428 g/mol. The van der Waals surface area contributed by atoms with Crippen LogP contribution in [0.2, 0.25) is 0 Å². The molecule has 1 aliphatic rings. The number of aromatic nitrogens is 4. The first kappa shape index (κ1) is 20.1. The van der Waals surface area contributed by atoms with E-state index in [2.05, 4.69) is 61.4 Å². The minimum Gasteiger partial charge on any atom is -0.378 e. The quantitative estimate of drug-likeness (QED) is 0.486. The maximum Gasteiger partial charge on any atom is 0.233 e. The van der Waals surface area contributed by atoms with Gasteiger partial charge in [0.05, 0.1) is 18.7 Å².